The minimum atomic E-state index is 0.377. The van der Waals surface area contributed by atoms with Crippen molar-refractivity contribution in [2.45, 2.75) is 38.1 Å². The molecule has 0 N–H and O–H groups in total. The lowest BCUT2D eigenvalue weighted by Gasteiger charge is -2.21. The lowest BCUT2D eigenvalue weighted by atomic mass is 10.0. The zero-order chi connectivity index (χ0) is 29.5. The maximum Gasteiger partial charge on any atom is 0.0641 e. The first-order chi connectivity index (χ1) is 22.4. The zero-order valence-electron chi connectivity index (χ0n) is 25.2. The summed E-state index contributed by atoms with van der Waals surface area (Å²) in [6.07, 6.45) is 15.2. The molecular formula is C42H33N3. The molecule has 0 saturated heterocycles. The van der Waals surface area contributed by atoms with Crippen LogP contribution in [0.3, 0.4) is 0 Å². The molecule has 3 aromatic heterocycles. The van der Waals surface area contributed by atoms with Gasteiger partial charge < -0.3 is 13.7 Å². The molecule has 3 nitrogen and oxygen atoms in total. The second kappa shape index (κ2) is 9.61. The van der Waals surface area contributed by atoms with Crippen LogP contribution < -0.4 is 0 Å². The van der Waals surface area contributed by atoms with E-state index in [0.717, 1.165) is 12.8 Å². The summed E-state index contributed by atoms with van der Waals surface area (Å²) in [6, 6.07) is 41.1. The van der Waals surface area contributed by atoms with Crippen LogP contribution in [0.5, 0.6) is 0 Å². The standard InChI is InChI=1S/C42H33N3/c1-2-13-28(14-3-1)43-39-24-11-7-20-35(39)41-40(43)26-25-34-33-19-6-10-23-38(33)45(42(34)41)30-16-12-15-29(27-30)44-36-21-8-4-17-31(36)32-18-5-9-22-37(32)44/h2,4-8,10-13,15-21,23-28H,1,3,9,14,22H2. The van der Waals surface area contributed by atoms with E-state index in [0.29, 0.717) is 6.04 Å². The van der Waals surface area contributed by atoms with Gasteiger partial charge in [0.25, 0.3) is 0 Å². The Balaban J connectivity index is 1.31. The highest BCUT2D eigenvalue weighted by Gasteiger charge is 2.24. The quantitative estimate of drug-likeness (QED) is 0.185. The fourth-order valence-electron chi connectivity index (χ4n) is 8.41. The van der Waals surface area contributed by atoms with Crippen LogP contribution in [0, 0.1) is 0 Å². The molecule has 1 atom stereocenters. The second-order valence-corrected chi connectivity index (χ2v) is 12.7. The highest BCUT2D eigenvalue weighted by atomic mass is 15.0. The Morgan fingerprint density at radius 1 is 0.556 bits per heavy atom. The smallest absolute Gasteiger partial charge is 0.0641 e. The first-order valence-corrected chi connectivity index (χ1v) is 16.4. The van der Waals surface area contributed by atoms with Gasteiger partial charge in [0.15, 0.2) is 0 Å². The molecule has 45 heavy (non-hydrogen) atoms. The van der Waals surface area contributed by atoms with Gasteiger partial charge in [-0.15, -0.1) is 0 Å². The van der Waals surface area contributed by atoms with Crippen molar-refractivity contribution >= 4 is 60.6 Å². The third-order valence-electron chi connectivity index (χ3n) is 10.3. The van der Waals surface area contributed by atoms with E-state index in [2.05, 4.69) is 147 Å². The molecule has 0 fully saturated rings. The first-order valence-electron chi connectivity index (χ1n) is 16.4. The number of fused-ring (bicyclic) bond motifs is 10. The number of para-hydroxylation sites is 3. The van der Waals surface area contributed by atoms with Gasteiger partial charge in [-0.1, -0.05) is 91.0 Å². The molecule has 0 saturated carbocycles. The highest BCUT2D eigenvalue weighted by Crippen LogP contribution is 2.43. The Morgan fingerprint density at radius 3 is 2.11 bits per heavy atom. The summed E-state index contributed by atoms with van der Waals surface area (Å²) in [5.41, 5.74) is 11.6. The number of benzene rings is 5. The maximum absolute atomic E-state index is 2.60. The SMILES string of the molecule is C1=CC(n2c3ccccc3c3c4c(ccc32)c2ccccc2n4-c2cccc(-n3c4c(c5ccccc53)C=CCC4)c2)CCC1. The molecule has 0 bridgehead atoms. The van der Waals surface area contributed by atoms with Crippen LogP contribution in [0.1, 0.15) is 43.0 Å². The van der Waals surface area contributed by atoms with Gasteiger partial charge in [-0.2, -0.15) is 0 Å². The van der Waals surface area contributed by atoms with Gasteiger partial charge in [-0.25, -0.2) is 0 Å². The number of hydrogen-bond acceptors (Lipinski definition) is 0. The summed E-state index contributed by atoms with van der Waals surface area (Å²) in [5.74, 6) is 0. The predicted octanol–water partition coefficient (Wildman–Crippen LogP) is 11.1. The molecular weight excluding hydrogens is 546 g/mol. The molecule has 216 valence electrons. The van der Waals surface area contributed by atoms with E-state index >= 15 is 0 Å². The van der Waals surface area contributed by atoms with Crippen molar-refractivity contribution in [2.24, 2.45) is 0 Å². The molecule has 0 amide bonds. The van der Waals surface area contributed by atoms with Gasteiger partial charge in [-0.05, 0) is 74.6 Å². The maximum atomic E-state index is 2.60. The Kier molecular flexibility index (Phi) is 5.36. The molecule has 5 aromatic carbocycles. The summed E-state index contributed by atoms with van der Waals surface area (Å²) < 4.78 is 7.63. The topological polar surface area (TPSA) is 14.8 Å². The fourth-order valence-corrected chi connectivity index (χ4v) is 8.41. The Morgan fingerprint density at radius 2 is 1.29 bits per heavy atom. The Bertz CT molecular complexity index is 2530. The van der Waals surface area contributed by atoms with E-state index in [1.807, 2.05) is 0 Å². The van der Waals surface area contributed by atoms with Crippen molar-refractivity contribution in [1.29, 1.82) is 0 Å². The molecule has 3 heteroatoms. The van der Waals surface area contributed by atoms with E-state index in [9.17, 15) is 0 Å². The normalized spacial score (nSPS) is 16.5. The lowest BCUT2D eigenvalue weighted by molar-refractivity contribution is 0.542. The molecule has 1 unspecified atom stereocenters. The Hall–Kier alpha value is -5.28. The predicted molar refractivity (Wildman–Crippen MR) is 190 cm³/mol. The van der Waals surface area contributed by atoms with Gasteiger partial charge >= 0.3 is 0 Å². The van der Waals surface area contributed by atoms with Crippen LogP contribution in [0.15, 0.2) is 127 Å². The van der Waals surface area contributed by atoms with E-state index in [1.54, 1.807) is 0 Å². The third-order valence-corrected chi connectivity index (χ3v) is 10.3. The van der Waals surface area contributed by atoms with Gasteiger partial charge in [0.2, 0.25) is 0 Å². The summed E-state index contributed by atoms with van der Waals surface area (Å²) in [6.45, 7) is 0. The van der Waals surface area contributed by atoms with Crippen molar-refractivity contribution in [3.63, 3.8) is 0 Å². The second-order valence-electron chi connectivity index (χ2n) is 12.7. The summed E-state index contributed by atoms with van der Waals surface area (Å²) in [5, 5.41) is 6.60. The Labute approximate surface area is 261 Å². The highest BCUT2D eigenvalue weighted by molar-refractivity contribution is 6.25. The van der Waals surface area contributed by atoms with Crippen LogP contribution in [0.2, 0.25) is 0 Å². The van der Waals surface area contributed by atoms with Crippen LogP contribution >= 0.6 is 0 Å². The molecule has 0 spiro atoms. The van der Waals surface area contributed by atoms with Crippen molar-refractivity contribution in [2.75, 3.05) is 0 Å². The van der Waals surface area contributed by atoms with Gasteiger partial charge in [0.1, 0.15) is 0 Å². The molecule has 3 heterocycles. The monoisotopic (exact) mass is 579 g/mol. The summed E-state index contributed by atoms with van der Waals surface area (Å²) >= 11 is 0. The molecule has 2 aliphatic rings. The van der Waals surface area contributed by atoms with Crippen LogP contribution in [-0.4, -0.2) is 13.7 Å². The summed E-state index contributed by atoms with van der Waals surface area (Å²) in [4.78, 5) is 0. The van der Waals surface area contributed by atoms with Crippen molar-refractivity contribution in [1.82, 2.24) is 13.7 Å². The van der Waals surface area contributed by atoms with Crippen molar-refractivity contribution < 1.29 is 0 Å². The molecule has 0 aliphatic heterocycles. The van der Waals surface area contributed by atoms with E-state index in [4.69, 9.17) is 0 Å². The van der Waals surface area contributed by atoms with E-state index in [1.165, 1.54) is 96.4 Å². The minimum Gasteiger partial charge on any atom is -0.333 e. The molecule has 2 aliphatic carbocycles. The molecule has 0 radical (unpaired) electrons. The molecule has 8 aromatic rings. The van der Waals surface area contributed by atoms with Crippen molar-refractivity contribution in [3.8, 4) is 11.4 Å². The number of nitrogens with zero attached hydrogens (tertiary/aromatic N) is 3. The average Bonchev–Trinajstić information content (AvgIpc) is 3.74. The van der Waals surface area contributed by atoms with Crippen LogP contribution in [-0.2, 0) is 6.42 Å². The number of hydrogen-bond donors (Lipinski definition) is 0. The summed E-state index contributed by atoms with van der Waals surface area (Å²) in [7, 11) is 0. The first kappa shape index (κ1) is 25.1. The van der Waals surface area contributed by atoms with E-state index in [-0.39, 0.29) is 0 Å². The average molecular weight is 580 g/mol. The van der Waals surface area contributed by atoms with Gasteiger partial charge in [0.05, 0.1) is 28.1 Å². The van der Waals surface area contributed by atoms with Crippen LogP contribution in [0.25, 0.3) is 72.0 Å². The number of aromatic nitrogens is 3. The van der Waals surface area contributed by atoms with Crippen LogP contribution in [0.4, 0.5) is 0 Å². The van der Waals surface area contributed by atoms with Gasteiger partial charge in [0, 0.05) is 55.1 Å². The van der Waals surface area contributed by atoms with Crippen molar-refractivity contribution in [3.05, 3.63) is 139 Å². The fraction of sp³-hybridized carbons (Fsp3) is 0.143. The van der Waals surface area contributed by atoms with E-state index < -0.39 is 0 Å². The zero-order valence-corrected chi connectivity index (χ0v) is 25.2. The number of rotatable bonds is 3. The number of allylic oxidation sites excluding steroid dienone is 3. The largest absolute Gasteiger partial charge is 0.333 e. The van der Waals surface area contributed by atoms with Gasteiger partial charge in [-0.3, -0.25) is 0 Å². The minimum absolute atomic E-state index is 0.377. The lowest BCUT2D eigenvalue weighted by Crippen LogP contribution is -2.08. The third kappa shape index (κ3) is 3.52. The molecule has 10 rings (SSSR count).